The molecule has 4 N–H and O–H groups in total. The van der Waals surface area contributed by atoms with Crippen LogP contribution in [0.2, 0.25) is 0 Å². The minimum atomic E-state index is -1.15. The molecule has 8 heteroatoms. The van der Waals surface area contributed by atoms with E-state index in [2.05, 4.69) is 16.0 Å². The second-order valence-corrected chi connectivity index (χ2v) is 9.80. The van der Waals surface area contributed by atoms with Gasteiger partial charge in [0.25, 0.3) is 5.91 Å². The average Bonchev–Trinajstić information content (AvgIpc) is 2.88. The molecule has 0 radical (unpaired) electrons. The number of carboxylic acids is 1. The van der Waals surface area contributed by atoms with Crippen LogP contribution in [0.3, 0.4) is 0 Å². The lowest BCUT2D eigenvalue weighted by atomic mass is 9.82. The van der Waals surface area contributed by atoms with Crippen LogP contribution in [-0.4, -0.2) is 46.9 Å². The fourth-order valence-corrected chi connectivity index (χ4v) is 4.43. The van der Waals surface area contributed by atoms with Crippen molar-refractivity contribution in [2.24, 2.45) is 11.8 Å². The molecule has 2 aromatic rings. The highest BCUT2D eigenvalue weighted by atomic mass is 16.4. The minimum absolute atomic E-state index is 0.0786. The number of fused-ring (bicyclic) bond motifs is 1. The summed E-state index contributed by atoms with van der Waals surface area (Å²) in [5.41, 5.74) is 2.63. The molecule has 1 aliphatic heterocycles. The first-order valence-electron chi connectivity index (χ1n) is 12.6. The average molecular weight is 506 g/mol. The standard InChI is InChI=1S/C29H35N3O5/c1-5-18(4)26-22(20-13-9-10-14-21(20)27(34)32-26)16-24(33)31-25(17(2)3)28(35)30-23(29(36)37)15-19-11-7-6-8-12-19/h6-14,16-18,23,25-26H,5,15H2,1-4H3,(H,30,35)(H,31,33)(H,32,34)(H,36,37)/t18-,23-,25-,26-/m0/s1. The van der Waals surface area contributed by atoms with Crippen LogP contribution in [0.25, 0.3) is 5.57 Å². The van der Waals surface area contributed by atoms with Gasteiger partial charge in [-0.1, -0.05) is 82.6 Å². The summed E-state index contributed by atoms with van der Waals surface area (Å²) in [5.74, 6) is -2.61. The van der Waals surface area contributed by atoms with Gasteiger partial charge >= 0.3 is 5.97 Å². The van der Waals surface area contributed by atoms with Gasteiger partial charge in [-0.15, -0.1) is 0 Å². The van der Waals surface area contributed by atoms with Crippen molar-refractivity contribution in [1.82, 2.24) is 16.0 Å². The van der Waals surface area contributed by atoms with E-state index in [1.165, 1.54) is 6.08 Å². The maximum Gasteiger partial charge on any atom is 0.326 e. The number of rotatable bonds is 10. The predicted molar refractivity (Wildman–Crippen MR) is 142 cm³/mol. The van der Waals surface area contributed by atoms with Crippen LogP contribution >= 0.6 is 0 Å². The maximum atomic E-state index is 13.2. The summed E-state index contributed by atoms with van der Waals surface area (Å²) in [6, 6.07) is 13.7. The molecule has 37 heavy (non-hydrogen) atoms. The van der Waals surface area contributed by atoms with E-state index in [1.807, 2.05) is 32.0 Å². The molecule has 8 nitrogen and oxygen atoms in total. The Morgan fingerprint density at radius 2 is 1.59 bits per heavy atom. The number of amides is 3. The van der Waals surface area contributed by atoms with Gasteiger partial charge < -0.3 is 21.1 Å². The smallest absolute Gasteiger partial charge is 0.326 e. The van der Waals surface area contributed by atoms with E-state index in [0.29, 0.717) is 16.7 Å². The first kappa shape index (κ1) is 27.6. The van der Waals surface area contributed by atoms with Crippen molar-refractivity contribution in [3.63, 3.8) is 0 Å². The topological polar surface area (TPSA) is 125 Å². The lowest BCUT2D eigenvalue weighted by Crippen LogP contribution is -2.54. The number of benzene rings is 2. The molecule has 0 saturated carbocycles. The van der Waals surface area contributed by atoms with Gasteiger partial charge in [0, 0.05) is 18.1 Å². The molecule has 0 aliphatic carbocycles. The molecular formula is C29H35N3O5. The predicted octanol–water partition coefficient (Wildman–Crippen LogP) is 3.18. The number of carbonyl (C=O) groups excluding carboxylic acids is 3. The number of aliphatic carboxylic acids is 1. The Labute approximate surface area is 217 Å². The quantitative estimate of drug-likeness (QED) is 0.369. The van der Waals surface area contributed by atoms with Crippen LogP contribution in [0.15, 0.2) is 60.7 Å². The van der Waals surface area contributed by atoms with E-state index in [4.69, 9.17) is 0 Å². The van der Waals surface area contributed by atoms with Crippen LogP contribution < -0.4 is 16.0 Å². The number of nitrogens with one attached hydrogen (secondary N) is 3. The van der Waals surface area contributed by atoms with E-state index in [0.717, 1.165) is 12.0 Å². The second kappa shape index (κ2) is 12.3. The Balaban J connectivity index is 1.82. The third kappa shape index (κ3) is 6.84. The van der Waals surface area contributed by atoms with E-state index in [-0.39, 0.29) is 30.2 Å². The summed E-state index contributed by atoms with van der Waals surface area (Å²) in [6.45, 7) is 7.59. The Morgan fingerprint density at radius 1 is 0.973 bits per heavy atom. The molecule has 196 valence electrons. The van der Waals surface area contributed by atoms with Crippen molar-refractivity contribution in [1.29, 1.82) is 0 Å². The number of hydrogen-bond acceptors (Lipinski definition) is 4. The molecule has 2 aromatic carbocycles. The van der Waals surface area contributed by atoms with Crippen molar-refractivity contribution >= 4 is 29.3 Å². The maximum absolute atomic E-state index is 13.2. The Bertz CT molecular complexity index is 1180. The number of hydrogen-bond donors (Lipinski definition) is 4. The zero-order valence-electron chi connectivity index (χ0n) is 21.7. The molecule has 0 bridgehead atoms. The fourth-order valence-electron chi connectivity index (χ4n) is 4.43. The zero-order valence-corrected chi connectivity index (χ0v) is 21.7. The van der Waals surface area contributed by atoms with Crippen LogP contribution in [-0.2, 0) is 20.8 Å². The van der Waals surface area contributed by atoms with Crippen molar-refractivity contribution in [3.8, 4) is 0 Å². The molecule has 3 rings (SSSR count). The molecule has 1 heterocycles. The molecule has 1 aliphatic rings. The fraction of sp³-hybridized carbons (Fsp3) is 0.379. The molecule has 0 spiro atoms. The minimum Gasteiger partial charge on any atom is -0.480 e. The third-order valence-corrected chi connectivity index (χ3v) is 6.75. The molecule has 4 atom stereocenters. The molecule has 0 fully saturated rings. The van der Waals surface area contributed by atoms with Crippen molar-refractivity contribution in [2.75, 3.05) is 0 Å². The summed E-state index contributed by atoms with van der Waals surface area (Å²) in [4.78, 5) is 50.8. The van der Waals surface area contributed by atoms with E-state index in [9.17, 15) is 24.3 Å². The first-order chi connectivity index (χ1) is 17.6. The van der Waals surface area contributed by atoms with Crippen molar-refractivity contribution in [2.45, 2.75) is 58.7 Å². The van der Waals surface area contributed by atoms with E-state index in [1.54, 1.807) is 50.2 Å². The number of carbonyl (C=O) groups is 4. The molecular weight excluding hydrogens is 470 g/mol. The Kier molecular flexibility index (Phi) is 9.22. The van der Waals surface area contributed by atoms with E-state index >= 15 is 0 Å². The van der Waals surface area contributed by atoms with Crippen molar-refractivity contribution < 1.29 is 24.3 Å². The van der Waals surface area contributed by atoms with Crippen LogP contribution in [0.4, 0.5) is 0 Å². The van der Waals surface area contributed by atoms with Gasteiger partial charge in [0.2, 0.25) is 11.8 Å². The Hall–Kier alpha value is -3.94. The second-order valence-electron chi connectivity index (χ2n) is 9.80. The first-order valence-corrected chi connectivity index (χ1v) is 12.6. The number of carboxylic acid groups (broad SMARTS) is 1. The highest BCUT2D eigenvalue weighted by molar-refractivity contribution is 6.07. The van der Waals surface area contributed by atoms with Gasteiger partial charge in [-0.25, -0.2) is 4.79 Å². The molecule has 0 aromatic heterocycles. The summed E-state index contributed by atoms with van der Waals surface area (Å²) in [6.07, 6.45) is 2.36. The highest BCUT2D eigenvalue weighted by Gasteiger charge is 2.33. The normalized spacial score (nSPS) is 18.4. The van der Waals surface area contributed by atoms with Gasteiger partial charge in [0.15, 0.2) is 0 Å². The molecule has 3 amide bonds. The van der Waals surface area contributed by atoms with Gasteiger partial charge in [-0.05, 0) is 34.6 Å². The lowest BCUT2D eigenvalue weighted by Gasteiger charge is -2.32. The SMILES string of the molecule is CC[C@H](C)[C@@H]1NC(=O)c2ccccc2C1=CC(=O)N[C@H](C(=O)N[C@@H](Cc1ccccc1)C(=O)O)C(C)C. The van der Waals surface area contributed by atoms with Gasteiger partial charge in [0.05, 0.1) is 6.04 Å². The van der Waals surface area contributed by atoms with Gasteiger partial charge in [-0.2, -0.15) is 0 Å². The summed E-state index contributed by atoms with van der Waals surface area (Å²) in [7, 11) is 0. The largest absolute Gasteiger partial charge is 0.480 e. The summed E-state index contributed by atoms with van der Waals surface area (Å²) >= 11 is 0. The molecule has 0 saturated heterocycles. The summed E-state index contributed by atoms with van der Waals surface area (Å²) < 4.78 is 0. The summed E-state index contributed by atoms with van der Waals surface area (Å²) in [5, 5.41) is 18.0. The molecule has 0 unspecified atom stereocenters. The van der Waals surface area contributed by atoms with Crippen LogP contribution in [0.5, 0.6) is 0 Å². The zero-order chi connectivity index (χ0) is 27.1. The van der Waals surface area contributed by atoms with Gasteiger partial charge in [-0.3, -0.25) is 14.4 Å². The third-order valence-electron chi connectivity index (χ3n) is 6.75. The Morgan fingerprint density at radius 3 is 2.19 bits per heavy atom. The highest BCUT2D eigenvalue weighted by Crippen LogP contribution is 2.31. The van der Waals surface area contributed by atoms with Crippen LogP contribution in [0.1, 0.15) is 55.6 Å². The van der Waals surface area contributed by atoms with E-state index < -0.39 is 29.9 Å². The van der Waals surface area contributed by atoms with Crippen LogP contribution in [0, 0.1) is 11.8 Å². The lowest BCUT2D eigenvalue weighted by molar-refractivity contribution is -0.142. The van der Waals surface area contributed by atoms with Crippen molar-refractivity contribution in [3.05, 3.63) is 77.4 Å². The monoisotopic (exact) mass is 505 g/mol. The van der Waals surface area contributed by atoms with Gasteiger partial charge in [0.1, 0.15) is 12.1 Å².